The van der Waals surface area contributed by atoms with Crippen molar-refractivity contribution in [2.24, 2.45) is 0 Å². The quantitative estimate of drug-likeness (QED) is 0.0373. The van der Waals surface area contributed by atoms with E-state index in [-0.39, 0.29) is 25.2 Å². The highest BCUT2D eigenvalue weighted by atomic mass is 16.6. The minimum atomic E-state index is -0.773. The molecular formula is C83H152O5. The third kappa shape index (κ3) is 75.8. The van der Waals surface area contributed by atoms with Crippen molar-refractivity contribution in [2.45, 2.75) is 431 Å². The van der Waals surface area contributed by atoms with Crippen molar-refractivity contribution in [3.8, 4) is 0 Å². The molecule has 1 atom stereocenters. The summed E-state index contributed by atoms with van der Waals surface area (Å²) >= 11 is 0. The molecule has 0 fully saturated rings. The Morgan fingerprint density at radius 2 is 0.455 bits per heavy atom. The second kappa shape index (κ2) is 78.6. The Hall–Kier alpha value is -2.66. The monoisotopic (exact) mass is 1230 g/mol. The van der Waals surface area contributed by atoms with Crippen molar-refractivity contribution < 1.29 is 24.2 Å². The molecule has 5 heteroatoms. The zero-order valence-corrected chi connectivity index (χ0v) is 59.3. The maximum absolute atomic E-state index is 12.4. The molecule has 0 spiro atoms. The average Bonchev–Trinajstić information content (AvgIpc) is 3.56. The van der Waals surface area contributed by atoms with Crippen molar-refractivity contribution in [1.82, 2.24) is 0 Å². The van der Waals surface area contributed by atoms with E-state index in [0.29, 0.717) is 12.8 Å². The molecule has 0 aromatic heterocycles. The first-order valence-corrected chi connectivity index (χ1v) is 39.5. The van der Waals surface area contributed by atoms with Gasteiger partial charge in [0, 0.05) is 12.8 Å². The van der Waals surface area contributed by atoms with Crippen LogP contribution >= 0.6 is 0 Å². The van der Waals surface area contributed by atoms with Crippen molar-refractivity contribution in [3.63, 3.8) is 0 Å². The van der Waals surface area contributed by atoms with Crippen LogP contribution in [-0.2, 0) is 19.1 Å². The summed E-state index contributed by atoms with van der Waals surface area (Å²) in [5.41, 5.74) is 0. The fourth-order valence-corrected chi connectivity index (χ4v) is 12.0. The van der Waals surface area contributed by atoms with Crippen LogP contribution in [-0.4, -0.2) is 36.4 Å². The molecule has 0 rings (SSSR count). The second-order valence-electron chi connectivity index (χ2n) is 26.8. The van der Waals surface area contributed by atoms with Crippen molar-refractivity contribution in [3.05, 3.63) is 72.9 Å². The third-order valence-electron chi connectivity index (χ3n) is 18.0. The number of aliphatic hydroxyl groups excluding tert-OH is 1. The number of carbonyl (C=O) groups is 2. The summed E-state index contributed by atoms with van der Waals surface area (Å²) in [6, 6.07) is 0. The van der Waals surface area contributed by atoms with E-state index in [1.165, 1.54) is 334 Å². The van der Waals surface area contributed by atoms with Crippen LogP contribution in [0, 0.1) is 0 Å². The first-order valence-electron chi connectivity index (χ1n) is 39.5. The molecule has 0 aliphatic rings. The van der Waals surface area contributed by atoms with Crippen LogP contribution in [0.15, 0.2) is 72.9 Å². The number of esters is 2. The fraction of sp³-hybridized carbons (Fsp3) is 0.831. The Labute approximate surface area is 550 Å². The van der Waals surface area contributed by atoms with Gasteiger partial charge in [0.2, 0.25) is 0 Å². The molecule has 5 nitrogen and oxygen atoms in total. The van der Waals surface area contributed by atoms with E-state index < -0.39 is 6.10 Å². The zero-order valence-electron chi connectivity index (χ0n) is 59.3. The first-order chi connectivity index (χ1) is 43.6. The number of rotatable bonds is 74. The summed E-state index contributed by atoms with van der Waals surface area (Å²) in [6.45, 7) is 4.17. The number of hydrogen-bond acceptors (Lipinski definition) is 5. The fourth-order valence-electron chi connectivity index (χ4n) is 12.0. The molecule has 514 valence electrons. The number of allylic oxidation sites excluding steroid dienone is 12. The molecule has 0 amide bonds. The van der Waals surface area contributed by atoms with Crippen LogP contribution in [0.25, 0.3) is 0 Å². The van der Waals surface area contributed by atoms with Gasteiger partial charge >= 0.3 is 11.9 Å². The van der Waals surface area contributed by atoms with Gasteiger partial charge in [0.1, 0.15) is 6.61 Å². The molecule has 88 heavy (non-hydrogen) atoms. The SMILES string of the molecule is CCCCCCC/C=C\C/C=C\C/C=C\CCCCCCCCCCCCCCCCCCCCCCCCCCCCC(=O)OC(CO)COC(=O)CCCCCCCCCCCCCCCCCCCC/C=C\C/C=C\C/C=C\CCCCCCC. The Kier molecular flexibility index (Phi) is 76.2. The Bertz CT molecular complexity index is 1540. The number of carbonyl (C=O) groups excluding carboxylic acids is 2. The van der Waals surface area contributed by atoms with Gasteiger partial charge in [-0.25, -0.2) is 0 Å². The maximum Gasteiger partial charge on any atom is 0.306 e. The van der Waals surface area contributed by atoms with Crippen molar-refractivity contribution >= 4 is 11.9 Å². The third-order valence-corrected chi connectivity index (χ3v) is 18.0. The van der Waals surface area contributed by atoms with Gasteiger partial charge in [-0.2, -0.15) is 0 Å². The molecule has 0 aliphatic heterocycles. The normalized spacial score (nSPS) is 12.5. The van der Waals surface area contributed by atoms with E-state index in [2.05, 4.69) is 86.8 Å². The second-order valence-corrected chi connectivity index (χ2v) is 26.8. The van der Waals surface area contributed by atoms with Crippen molar-refractivity contribution in [2.75, 3.05) is 13.2 Å². The molecule has 0 radical (unpaired) electrons. The molecule has 0 aliphatic carbocycles. The molecule has 0 saturated carbocycles. The topological polar surface area (TPSA) is 72.8 Å². The van der Waals surface area contributed by atoms with Gasteiger partial charge in [0.25, 0.3) is 0 Å². The molecule has 0 saturated heterocycles. The summed E-state index contributed by atoms with van der Waals surface area (Å²) in [4.78, 5) is 24.7. The van der Waals surface area contributed by atoms with Crippen molar-refractivity contribution in [1.29, 1.82) is 0 Å². The van der Waals surface area contributed by atoms with Crippen LogP contribution in [0.1, 0.15) is 425 Å². The largest absolute Gasteiger partial charge is 0.462 e. The van der Waals surface area contributed by atoms with E-state index >= 15 is 0 Å². The predicted octanol–water partition coefficient (Wildman–Crippen LogP) is 27.8. The van der Waals surface area contributed by atoms with E-state index in [4.69, 9.17) is 9.47 Å². The van der Waals surface area contributed by atoms with E-state index in [1.807, 2.05) is 0 Å². The summed E-state index contributed by atoms with van der Waals surface area (Å²) in [5.74, 6) is -0.568. The molecule has 1 N–H and O–H groups in total. The van der Waals surface area contributed by atoms with Gasteiger partial charge in [-0.05, 0) is 89.9 Å². The van der Waals surface area contributed by atoms with Crippen LogP contribution in [0.3, 0.4) is 0 Å². The minimum absolute atomic E-state index is 0.0614. The van der Waals surface area contributed by atoms with E-state index in [9.17, 15) is 14.7 Å². The standard InChI is InChI=1S/C83H152O5/c1-3-5-7-9-11-13-15-17-19-21-23-25-27-29-31-33-35-37-38-39-40-41-42-43-44-46-48-50-52-54-56-58-60-62-64-66-68-70-72-74-76-78-83(86)88-81(79-84)80-87-82(85)77-75-73-71-69-67-65-63-61-59-57-55-53-51-49-47-45-36-34-32-30-28-26-24-22-20-18-16-14-12-10-8-6-4-2/h15-18,21-24,27-30,81,84H,3-14,19-20,25-26,31-80H2,1-2H3/b17-15-,18-16-,23-21-,24-22-,29-27-,30-28-. The van der Waals surface area contributed by atoms with Crippen LogP contribution in [0.4, 0.5) is 0 Å². The smallest absolute Gasteiger partial charge is 0.306 e. The maximum atomic E-state index is 12.4. The summed E-state index contributed by atoms with van der Waals surface area (Å²) in [6.07, 6.45) is 110. The number of unbranched alkanes of at least 4 members (excludes halogenated alkanes) is 54. The summed E-state index contributed by atoms with van der Waals surface area (Å²) in [7, 11) is 0. The lowest BCUT2D eigenvalue weighted by Crippen LogP contribution is -2.28. The van der Waals surface area contributed by atoms with Crippen LogP contribution in [0.5, 0.6) is 0 Å². The highest BCUT2D eigenvalue weighted by molar-refractivity contribution is 5.70. The Balaban J connectivity index is 3.39. The zero-order chi connectivity index (χ0) is 63.3. The first kappa shape index (κ1) is 85.3. The Morgan fingerprint density at radius 1 is 0.261 bits per heavy atom. The number of hydrogen-bond donors (Lipinski definition) is 1. The van der Waals surface area contributed by atoms with Gasteiger partial charge in [-0.3, -0.25) is 9.59 Å². The number of aliphatic hydroxyl groups is 1. The molecule has 0 heterocycles. The minimum Gasteiger partial charge on any atom is -0.462 e. The number of ether oxygens (including phenoxy) is 2. The summed E-state index contributed by atoms with van der Waals surface area (Å²) in [5, 5.41) is 9.73. The molecule has 1 unspecified atom stereocenters. The van der Waals surface area contributed by atoms with Gasteiger partial charge in [-0.15, -0.1) is 0 Å². The highest BCUT2D eigenvalue weighted by Gasteiger charge is 2.16. The highest BCUT2D eigenvalue weighted by Crippen LogP contribution is 2.19. The lowest BCUT2D eigenvalue weighted by Gasteiger charge is -2.15. The Morgan fingerprint density at radius 3 is 0.682 bits per heavy atom. The van der Waals surface area contributed by atoms with Gasteiger partial charge in [-0.1, -0.05) is 395 Å². The predicted molar refractivity (Wildman–Crippen MR) is 390 cm³/mol. The molecule has 0 aromatic carbocycles. The molecule has 0 aromatic rings. The summed E-state index contributed by atoms with van der Waals surface area (Å²) < 4.78 is 10.8. The van der Waals surface area contributed by atoms with Crippen LogP contribution in [0.2, 0.25) is 0 Å². The van der Waals surface area contributed by atoms with Gasteiger partial charge in [0.15, 0.2) is 6.10 Å². The van der Waals surface area contributed by atoms with Crippen LogP contribution < -0.4 is 0 Å². The van der Waals surface area contributed by atoms with Gasteiger partial charge < -0.3 is 14.6 Å². The van der Waals surface area contributed by atoms with E-state index in [1.54, 1.807) is 0 Å². The average molecular weight is 1230 g/mol. The van der Waals surface area contributed by atoms with E-state index in [0.717, 1.165) is 64.2 Å². The lowest BCUT2D eigenvalue weighted by atomic mass is 10.0. The lowest BCUT2D eigenvalue weighted by molar-refractivity contribution is -0.161. The van der Waals surface area contributed by atoms with Gasteiger partial charge in [0.05, 0.1) is 6.61 Å². The molecular weight excluding hydrogens is 1080 g/mol. The molecule has 0 bridgehead atoms.